The molecule has 0 unspecified atom stereocenters. The van der Waals surface area contributed by atoms with Gasteiger partial charge in [-0.25, -0.2) is 4.98 Å². The number of piperazine rings is 1. The van der Waals surface area contributed by atoms with Crippen LogP contribution < -0.4 is 4.90 Å². The van der Waals surface area contributed by atoms with Gasteiger partial charge >= 0.3 is 0 Å². The van der Waals surface area contributed by atoms with Crippen molar-refractivity contribution in [3.8, 4) is 11.4 Å². The molecule has 1 saturated heterocycles. The lowest BCUT2D eigenvalue weighted by atomic mass is 10.3. The second kappa shape index (κ2) is 4.50. The number of aromatic amines is 1. The van der Waals surface area contributed by atoms with E-state index in [1.165, 1.54) is 0 Å². The summed E-state index contributed by atoms with van der Waals surface area (Å²) in [7, 11) is 2.17. The second-order valence-corrected chi connectivity index (χ2v) is 5.23. The topological polar surface area (TPSA) is 35.2 Å². The predicted octanol–water partition coefficient (Wildman–Crippen LogP) is 1.89. The van der Waals surface area contributed by atoms with Gasteiger partial charge in [-0.15, -0.1) is 11.3 Å². The first-order valence-electron chi connectivity index (χ1n) is 5.86. The maximum Gasteiger partial charge on any atom is 0.185 e. The van der Waals surface area contributed by atoms with E-state index < -0.39 is 0 Å². The predicted molar refractivity (Wildman–Crippen MR) is 71.6 cm³/mol. The van der Waals surface area contributed by atoms with Crippen molar-refractivity contribution in [3.63, 3.8) is 0 Å². The first kappa shape index (κ1) is 10.8. The van der Waals surface area contributed by atoms with Crippen LogP contribution >= 0.6 is 11.3 Å². The molecular formula is C12H16N4S. The Balaban J connectivity index is 1.76. The number of hydrogen-bond acceptors (Lipinski definition) is 4. The van der Waals surface area contributed by atoms with Gasteiger partial charge in [0.25, 0.3) is 0 Å². The highest BCUT2D eigenvalue weighted by atomic mass is 32.1. The molecule has 0 spiro atoms. The van der Waals surface area contributed by atoms with Crippen LogP contribution in [0.2, 0.25) is 0 Å². The normalized spacial score (nSPS) is 17.6. The van der Waals surface area contributed by atoms with Gasteiger partial charge < -0.3 is 14.8 Å². The van der Waals surface area contributed by atoms with Gasteiger partial charge in [-0.3, -0.25) is 0 Å². The number of nitrogens with one attached hydrogen (secondary N) is 1. The Morgan fingerprint density at radius 1 is 1.29 bits per heavy atom. The van der Waals surface area contributed by atoms with Gasteiger partial charge in [0.05, 0.1) is 11.4 Å². The lowest BCUT2D eigenvalue weighted by Crippen LogP contribution is -2.44. The van der Waals surface area contributed by atoms with E-state index in [-0.39, 0.29) is 0 Å². The van der Waals surface area contributed by atoms with Crippen LogP contribution in [0.5, 0.6) is 0 Å². The number of thiazole rings is 1. The fourth-order valence-corrected chi connectivity index (χ4v) is 2.90. The van der Waals surface area contributed by atoms with Crippen LogP contribution in [0.1, 0.15) is 0 Å². The van der Waals surface area contributed by atoms with Gasteiger partial charge in [0.1, 0.15) is 0 Å². The highest BCUT2D eigenvalue weighted by molar-refractivity contribution is 7.14. The molecule has 4 nitrogen and oxygen atoms in total. The van der Waals surface area contributed by atoms with Gasteiger partial charge in [0, 0.05) is 37.8 Å². The maximum absolute atomic E-state index is 4.70. The van der Waals surface area contributed by atoms with E-state index in [4.69, 9.17) is 4.98 Å². The van der Waals surface area contributed by atoms with Crippen LogP contribution in [-0.2, 0) is 0 Å². The monoisotopic (exact) mass is 248 g/mol. The molecule has 2 aromatic rings. The fraction of sp³-hybridized carbons (Fsp3) is 0.417. The Hall–Kier alpha value is -1.33. The van der Waals surface area contributed by atoms with E-state index in [2.05, 4.69) is 33.3 Å². The highest BCUT2D eigenvalue weighted by Gasteiger charge is 2.17. The van der Waals surface area contributed by atoms with Gasteiger partial charge in [0.15, 0.2) is 5.13 Å². The van der Waals surface area contributed by atoms with Crippen molar-refractivity contribution < 1.29 is 0 Å². The largest absolute Gasteiger partial charge is 0.360 e. The quantitative estimate of drug-likeness (QED) is 0.881. The van der Waals surface area contributed by atoms with E-state index in [9.17, 15) is 0 Å². The first-order valence-corrected chi connectivity index (χ1v) is 6.74. The lowest BCUT2D eigenvalue weighted by molar-refractivity contribution is 0.313. The minimum absolute atomic E-state index is 1.05. The molecule has 0 bridgehead atoms. The summed E-state index contributed by atoms with van der Waals surface area (Å²) in [5, 5.41) is 3.27. The molecule has 1 fully saturated rings. The van der Waals surface area contributed by atoms with Crippen LogP contribution in [-0.4, -0.2) is 48.1 Å². The van der Waals surface area contributed by atoms with Crippen molar-refractivity contribution in [2.24, 2.45) is 0 Å². The average Bonchev–Trinajstić information content (AvgIpc) is 3.00. The highest BCUT2D eigenvalue weighted by Crippen LogP contribution is 2.26. The number of H-pyrrole nitrogens is 1. The van der Waals surface area contributed by atoms with Gasteiger partial charge in [0.2, 0.25) is 0 Å². The van der Waals surface area contributed by atoms with Crippen LogP contribution in [0.25, 0.3) is 11.4 Å². The fourth-order valence-electron chi connectivity index (χ4n) is 2.02. The van der Waals surface area contributed by atoms with E-state index in [0.29, 0.717) is 0 Å². The number of aromatic nitrogens is 2. The smallest absolute Gasteiger partial charge is 0.185 e. The summed E-state index contributed by atoms with van der Waals surface area (Å²) in [4.78, 5) is 12.6. The molecule has 90 valence electrons. The molecule has 0 atom stereocenters. The van der Waals surface area contributed by atoms with Crippen molar-refractivity contribution >= 4 is 16.5 Å². The number of rotatable bonds is 2. The van der Waals surface area contributed by atoms with Gasteiger partial charge in [-0.2, -0.15) is 0 Å². The maximum atomic E-state index is 4.70. The summed E-state index contributed by atoms with van der Waals surface area (Å²) in [6, 6.07) is 4.06. The van der Waals surface area contributed by atoms with E-state index in [1.54, 1.807) is 11.3 Å². The summed E-state index contributed by atoms with van der Waals surface area (Å²) in [5.41, 5.74) is 2.15. The molecule has 0 aromatic carbocycles. The molecule has 3 rings (SSSR count). The van der Waals surface area contributed by atoms with E-state index in [0.717, 1.165) is 42.7 Å². The third-order valence-corrected chi connectivity index (χ3v) is 4.04. The third-order valence-electron chi connectivity index (χ3n) is 3.14. The zero-order valence-electron chi connectivity index (χ0n) is 9.89. The third kappa shape index (κ3) is 2.21. The van der Waals surface area contributed by atoms with Gasteiger partial charge in [-0.1, -0.05) is 0 Å². The van der Waals surface area contributed by atoms with E-state index >= 15 is 0 Å². The summed E-state index contributed by atoms with van der Waals surface area (Å²) < 4.78 is 0. The molecule has 0 amide bonds. The SMILES string of the molecule is CN1CCN(c2nc(-c3ccc[nH]3)cs2)CC1. The summed E-state index contributed by atoms with van der Waals surface area (Å²) >= 11 is 1.73. The molecule has 1 aliphatic heterocycles. The molecule has 0 saturated carbocycles. The van der Waals surface area contributed by atoms with Crippen molar-refractivity contribution in [2.75, 3.05) is 38.1 Å². The standard InChI is InChI=1S/C12H16N4S/c1-15-5-7-16(8-6-15)12-14-11(9-17-12)10-3-2-4-13-10/h2-4,9,13H,5-8H2,1H3. The molecule has 3 heterocycles. The van der Waals surface area contributed by atoms with Crippen molar-refractivity contribution in [3.05, 3.63) is 23.7 Å². The molecule has 1 aliphatic rings. The lowest BCUT2D eigenvalue weighted by Gasteiger charge is -2.32. The molecule has 5 heteroatoms. The minimum Gasteiger partial charge on any atom is -0.360 e. The Labute approximate surface area is 105 Å². The number of hydrogen-bond donors (Lipinski definition) is 1. The minimum atomic E-state index is 1.05. The van der Waals surface area contributed by atoms with Crippen molar-refractivity contribution in [1.29, 1.82) is 0 Å². The van der Waals surface area contributed by atoms with Gasteiger partial charge in [-0.05, 0) is 19.2 Å². The van der Waals surface area contributed by atoms with Crippen LogP contribution in [0.4, 0.5) is 5.13 Å². The number of anilines is 1. The number of nitrogens with zero attached hydrogens (tertiary/aromatic N) is 3. The van der Waals surface area contributed by atoms with E-state index in [1.807, 2.05) is 12.3 Å². The number of likely N-dealkylation sites (N-methyl/N-ethyl adjacent to an activating group) is 1. The second-order valence-electron chi connectivity index (χ2n) is 4.39. The zero-order chi connectivity index (χ0) is 11.7. The van der Waals surface area contributed by atoms with Crippen molar-refractivity contribution in [1.82, 2.24) is 14.9 Å². The Kier molecular flexibility index (Phi) is 2.86. The summed E-state index contributed by atoms with van der Waals surface area (Å²) in [5.74, 6) is 0. The Bertz CT molecular complexity index is 468. The molecule has 2 aromatic heterocycles. The molecule has 17 heavy (non-hydrogen) atoms. The van der Waals surface area contributed by atoms with Crippen LogP contribution in [0.3, 0.4) is 0 Å². The molecule has 0 radical (unpaired) electrons. The van der Waals surface area contributed by atoms with Crippen LogP contribution in [0, 0.1) is 0 Å². The molecule has 1 N–H and O–H groups in total. The summed E-state index contributed by atoms with van der Waals surface area (Å²) in [6.45, 7) is 4.40. The molecule has 0 aliphatic carbocycles. The summed E-state index contributed by atoms with van der Waals surface area (Å²) in [6.07, 6.45) is 1.93. The Morgan fingerprint density at radius 2 is 2.12 bits per heavy atom. The zero-order valence-corrected chi connectivity index (χ0v) is 10.7. The van der Waals surface area contributed by atoms with Crippen molar-refractivity contribution in [2.45, 2.75) is 0 Å². The first-order chi connectivity index (χ1) is 8.33. The average molecular weight is 248 g/mol. The van der Waals surface area contributed by atoms with Crippen LogP contribution in [0.15, 0.2) is 23.7 Å². The Morgan fingerprint density at radius 3 is 2.82 bits per heavy atom. The molecular weight excluding hydrogens is 232 g/mol.